The van der Waals surface area contributed by atoms with E-state index in [9.17, 15) is 4.79 Å². The van der Waals surface area contributed by atoms with Gasteiger partial charge < -0.3 is 5.32 Å². The van der Waals surface area contributed by atoms with Crippen LogP contribution in [0.25, 0.3) is 5.95 Å². The lowest BCUT2D eigenvalue weighted by atomic mass is 10.1. The van der Waals surface area contributed by atoms with Gasteiger partial charge in [-0.05, 0) is 50.5 Å². The molecule has 1 N–H and O–H groups in total. The number of nitrogens with one attached hydrogen (secondary N) is 1. The van der Waals surface area contributed by atoms with Crippen LogP contribution in [-0.2, 0) is 6.42 Å². The maximum absolute atomic E-state index is 12.3. The Morgan fingerprint density at radius 1 is 1.08 bits per heavy atom. The highest BCUT2D eigenvalue weighted by molar-refractivity contribution is 6.04. The lowest BCUT2D eigenvalue weighted by molar-refractivity contribution is 0.102. The summed E-state index contributed by atoms with van der Waals surface area (Å²) >= 11 is 0. The monoisotopic (exact) mass is 335 g/mol. The van der Waals surface area contributed by atoms with Gasteiger partial charge in [0.15, 0.2) is 0 Å². The molecule has 2 heterocycles. The van der Waals surface area contributed by atoms with Crippen molar-refractivity contribution in [3.8, 4) is 5.95 Å². The Hall–Kier alpha value is -3.02. The molecule has 0 saturated heterocycles. The molecule has 0 radical (unpaired) electrons. The van der Waals surface area contributed by atoms with Crippen molar-refractivity contribution >= 4 is 11.6 Å². The zero-order valence-electron chi connectivity index (χ0n) is 14.9. The Labute approximate surface area is 146 Å². The van der Waals surface area contributed by atoms with Crippen LogP contribution >= 0.6 is 0 Å². The number of anilines is 1. The van der Waals surface area contributed by atoms with E-state index in [2.05, 4.69) is 27.3 Å². The van der Waals surface area contributed by atoms with Gasteiger partial charge in [-0.15, -0.1) is 0 Å². The molecule has 0 aliphatic heterocycles. The Bertz CT molecular complexity index is 895. The number of amides is 1. The van der Waals surface area contributed by atoms with Crippen molar-refractivity contribution in [1.29, 1.82) is 0 Å². The number of carbonyl (C=O) groups is 1. The van der Waals surface area contributed by atoms with Crippen LogP contribution in [0, 0.1) is 20.8 Å². The summed E-state index contributed by atoms with van der Waals surface area (Å²) in [6, 6.07) is 7.56. The van der Waals surface area contributed by atoms with E-state index in [1.54, 1.807) is 17.1 Å². The van der Waals surface area contributed by atoms with Crippen LogP contribution in [0.5, 0.6) is 0 Å². The molecule has 0 bridgehead atoms. The SMILES string of the molecule is CCc1ccc(C(=O)Nc2cnc(-n3nc(C)c(C)c3C)nc2)cc1. The summed E-state index contributed by atoms with van der Waals surface area (Å²) in [4.78, 5) is 20.9. The summed E-state index contributed by atoms with van der Waals surface area (Å²) in [5, 5.41) is 7.25. The highest BCUT2D eigenvalue weighted by Gasteiger charge is 2.12. The van der Waals surface area contributed by atoms with Gasteiger partial charge in [-0.1, -0.05) is 19.1 Å². The quantitative estimate of drug-likeness (QED) is 0.793. The van der Waals surface area contributed by atoms with Gasteiger partial charge in [0.25, 0.3) is 11.9 Å². The molecule has 0 fully saturated rings. The molecule has 0 aliphatic carbocycles. The molecule has 6 nitrogen and oxygen atoms in total. The summed E-state index contributed by atoms with van der Waals surface area (Å²) in [5.74, 6) is 0.306. The standard InChI is InChI=1S/C19H21N5O/c1-5-15-6-8-16(9-7-15)18(25)22-17-10-20-19(21-11-17)24-14(4)12(2)13(3)23-24/h6-11H,5H2,1-4H3,(H,22,25). The normalized spacial score (nSPS) is 10.7. The Morgan fingerprint density at radius 2 is 1.72 bits per heavy atom. The van der Waals surface area contributed by atoms with Gasteiger partial charge in [0.2, 0.25) is 0 Å². The molecule has 1 amide bonds. The number of carbonyl (C=O) groups excluding carboxylic acids is 1. The van der Waals surface area contributed by atoms with Crippen molar-refractivity contribution in [3.05, 3.63) is 64.7 Å². The first-order valence-electron chi connectivity index (χ1n) is 8.25. The molecule has 3 aromatic rings. The maximum Gasteiger partial charge on any atom is 0.255 e. The van der Waals surface area contributed by atoms with E-state index in [1.165, 1.54) is 5.56 Å². The summed E-state index contributed by atoms with van der Waals surface area (Å²) in [5.41, 5.74) is 5.43. The Kier molecular flexibility index (Phi) is 4.61. The summed E-state index contributed by atoms with van der Waals surface area (Å²) < 4.78 is 1.71. The number of benzene rings is 1. The van der Waals surface area contributed by atoms with Crippen molar-refractivity contribution < 1.29 is 4.79 Å². The average Bonchev–Trinajstić information content (AvgIpc) is 2.90. The third-order valence-electron chi connectivity index (χ3n) is 4.36. The average molecular weight is 335 g/mol. The second-order valence-corrected chi connectivity index (χ2v) is 5.98. The number of nitrogens with zero attached hydrogens (tertiary/aromatic N) is 4. The molecule has 6 heteroatoms. The van der Waals surface area contributed by atoms with Crippen molar-refractivity contribution in [2.45, 2.75) is 34.1 Å². The molecule has 25 heavy (non-hydrogen) atoms. The zero-order valence-corrected chi connectivity index (χ0v) is 14.9. The second-order valence-electron chi connectivity index (χ2n) is 5.98. The highest BCUT2D eigenvalue weighted by atomic mass is 16.1. The molecular formula is C19H21N5O. The van der Waals surface area contributed by atoms with Crippen LogP contribution < -0.4 is 5.32 Å². The number of rotatable bonds is 4. The molecule has 0 aliphatic rings. The fourth-order valence-corrected chi connectivity index (χ4v) is 2.51. The van der Waals surface area contributed by atoms with E-state index < -0.39 is 0 Å². The van der Waals surface area contributed by atoms with Crippen LogP contribution in [0.15, 0.2) is 36.7 Å². The Balaban J connectivity index is 1.75. The van der Waals surface area contributed by atoms with Gasteiger partial charge in [0, 0.05) is 11.3 Å². The number of aromatic nitrogens is 4. The fraction of sp³-hybridized carbons (Fsp3) is 0.263. The fourth-order valence-electron chi connectivity index (χ4n) is 2.51. The minimum Gasteiger partial charge on any atom is -0.319 e. The smallest absolute Gasteiger partial charge is 0.255 e. The maximum atomic E-state index is 12.3. The largest absolute Gasteiger partial charge is 0.319 e. The van der Waals surface area contributed by atoms with Crippen LogP contribution in [0.4, 0.5) is 5.69 Å². The predicted octanol–water partition coefficient (Wildman–Crippen LogP) is 3.40. The number of aryl methyl sites for hydroxylation is 2. The minimum absolute atomic E-state index is 0.180. The van der Waals surface area contributed by atoms with Crippen LogP contribution in [0.1, 0.15) is 39.8 Å². The number of hydrogen-bond donors (Lipinski definition) is 1. The molecular weight excluding hydrogens is 314 g/mol. The van der Waals surface area contributed by atoms with Crippen LogP contribution in [-0.4, -0.2) is 25.7 Å². The molecule has 0 unspecified atom stereocenters. The third-order valence-corrected chi connectivity index (χ3v) is 4.36. The first-order chi connectivity index (χ1) is 12.0. The Morgan fingerprint density at radius 3 is 2.24 bits per heavy atom. The van der Waals surface area contributed by atoms with E-state index in [1.807, 2.05) is 45.0 Å². The van der Waals surface area contributed by atoms with E-state index in [-0.39, 0.29) is 5.91 Å². The molecule has 0 atom stereocenters. The van der Waals surface area contributed by atoms with Gasteiger partial charge in [-0.25, -0.2) is 14.6 Å². The zero-order chi connectivity index (χ0) is 18.0. The third kappa shape index (κ3) is 3.42. The van der Waals surface area contributed by atoms with Crippen molar-refractivity contribution in [2.75, 3.05) is 5.32 Å². The van der Waals surface area contributed by atoms with E-state index in [0.717, 1.165) is 23.4 Å². The first-order valence-corrected chi connectivity index (χ1v) is 8.25. The van der Waals surface area contributed by atoms with Crippen molar-refractivity contribution in [3.63, 3.8) is 0 Å². The van der Waals surface area contributed by atoms with Gasteiger partial charge >= 0.3 is 0 Å². The van der Waals surface area contributed by atoms with E-state index in [0.29, 0.717) is 17.2 Å². The lowest BCUT2D eigenvalue weighted by Crippen LogP contribution is -2.13. The van der Waals surface area contributed by atoms with Gasteiger partial charge in [-0.2, -0.15) is 5.10 Å². The summed E-state index contributed by atoms with van der Waals surface area (Å²) in [6.07, 6.45) is 4.13. The highest BCUT2D eigenvalue weighted by Crippen LogP contribution is 2.15. The van der Waals surface area contributed by atoms with Gasteiger partial charge in [-0.3, -0.25) is 4.79 Å². The van der Waals surface area contributed by atoms with E-state index in [4.69, 9.17) is 0 Å². The molecule has 0 saturated carbocycles. The summed E-state index contributed by atoms with van der Waals surface area (Å²) in [7, 11) is 0. The minimum atomic E-state index is -0.180. The van der Waals surface area contributed by atoms with Crippen LogP contribution in [0.3, 0.4) is 0 Å². The molecule has 0 spiro atoms. The molecule has 2 aromatic heterocycles. The molecule has 3 rings (SSSR count). The van der Waals surface area contributed by atoms with Crippen molar-refractivity contribution in [1.82, 2.24) is 19.7 Å². The first kappa shape index (κ1) is 16.8. The molecule has 128 valence electrons. The second kappa shape index (κ2) is 6.84. The van der Waals surface area contributed by atoms with Crippen molar-refractivity contribution in [2.24, 2.45) is 0 Å². The van der Waals surface area contributed by atoms with Gasteiger partial charge in [0.05, 0.1) is 23.8 Å². The lowest BCUT2D eigenvalue weighted by Gasteiger charge is -2.07. The molecule has 1 aromatic carbocycles. The number of hydrogen-bond acceptors (Lipinski definition) is 4. The topological polar surface area (TPSA) is 72.7 Å². The van der Waals surface area contributed by atoms with Gasteiger partial charge in [0.1, 0.15) is 0 Å². The van der Waals surface area contributed by atoms with E-state index >= 15 is 0 Å². The predicted molar refractivity (Wildman–Crippen MR) is 97.1 cm³/mol. The van der Waals surface area contributed by atoms with Crippen LogP contribution in [0.2, 0.25) is 0 Å². The summed E-state index contributed by atoms with van der Waals surface area (Å²) in [6.45, 7) is 8.04.